The van der Waals surface area contributed by atoms with Crippen molar-refractivity contribution >= 4 is 5.78 Å². The fourth-order valence-electron chi connectivity index (χ4n) is 1.74. The molecule has 0 aliphatic heterocycles. The molecule has 0 spiro atoms. The van der Waals surface area contributed by atoms with Gasteiger partial charge in [0.1, 0.15) is 5.82 Å². The van der Waals surface area contributed by atoms with Crippen LogP contribution in [0.4, 0.5) is 4.39 Å². The molecular weight excluding hydrogens is 273 g/mol. The van der Waals surface area contributed by atoms with Crippen molar-refractivity contribution in [2.24, 2.45) is 0 Å². The van der Waals surface area contributed by atoms with Gasteiger partial charge in [-0.1, -0.05) is 12.1 Å². The number of rotatable bonds is 5. The first-order chi connectivity index (χ1) is 10.1. The van der Waals surface area contributed by atoms with Crippen LogP contribution in [-0.2, 0) is 0 Å². The highest BCUT2D eigenvalue weighted by molar-refractivity contribution is 5.97. The van der Waals surface area contributed by atoms with Crippen molar-refractivity contribution in [1.29, 1.82) is 5.26 Å². The molecule has 5 heteroatoms. The first kappa shape index (κ1) is 14.5. The minimum Gasteiger partial charge on any atom is -0.493 e. The zero-order valence-corrected chi connectivity index (χ0v) is 11.3. The Bertz CT molecular complexity index is 707. The monoisotopic (exact) mass is 285 g/mol. The number of ketones is 1. The average Bonchev–Trinajstić information content (AvgIpc) is 2.52. The fourth-order valence-corrected chi connectivity index (χ4v) is 1.74. The molecule has 0 N–H and O–H groups in total. The van der Waals surface area contributed by atoms with E-state index in [2.05, 4.69) is 0 Å². The SMILES string of the molecule is COc1cc(C#N)ccc1OCC(=O)c1cccc(F)c1. The summed E-state index contributed by atoms with van der Waals surface area (Å²) in [6.07, 6.45) is 0. The Morgan fingerprint density at radius 1 is 1.24 bits per heavy atom. The lowest BCUT2D eigenvalue weighted by Crippen LogP contribution is -2.12. The van der Waals surface area contributed by atoms with Crippen molar-refractivity contribution in [2.75, 3.05) is 13.7 Å². The van der Waals surface area contributed by atoms with E-state index in [0.717, 1.165) is 6.07 Å². The number of hydrogen-bond donors (Lipinski definition) is 0. The van der Waals surface area contributed by atoms with Gasteiger partial charge in [-0.25, -0.2) is 4.39 Å². The van der Waals surface area contributed by atoms with E-state index in [1.54, 1.807) is 12.1 Å². The van der Waals surface area contributed by atoms with Gasteiger partial charge >= 0.3 is 0 Å². The van der Waals surface area contributed by atoms with E-state index < -0.39 is 5.82 Å². The summed E-state index contributed by atoms with van der Waals surface area (Å²) in [7, 11) is 1.44. The molecule has 4 nitrogen and oxygen atoms in total. The molecule has 2 aromatic rings. The largest absolute Gasteiger partial charge is 0.493 e. The Morgan fingerprint density at radius 2 is 2.05 bits per heavy atom. The van der Waals surface area contributed by atoms with Crippen LogP contribution < -0.4 is 9.47 Å². The number of carbonyl (C=O) groups excluding carboxylic acids is 1. The molecule has 21 heavy (non-hydrogen) atoms. The Kier molecular flexibility index (Phi) is 4.52. The number of Topliss-reactive ketones (excluding diaryl/α,β-unsaturated/α-hetero) is 1. The summed E-state index contributed by atoms with van der Waals surface area (Å²) in [5, 5.41) is 8.81. The van der Waals surface area contributed by atoms with E-state index in [-0.39, 0.29) is 18.0 Å². The van der Waals surface area contributed by atoms with Crippen LogP contribution in [0.25, 0.3) is 0 Å². The van der Waals surface area contributed by atoms with Gasteiger partial charge in [-0.15, -0.1) is 0 Å². The molecule has 0 saturated heterocycles. The van der Waals surface area contributed by atoms with E-state index in [0.29, 0.717) is 17.1 Å². The molecule has 0 fully saturated rings. The fraction of sp³-hybridized carbons (Fsp3) is 0.125. The molecule has 0 amide bonds. The number of carbonyl (C=O) groups is 1. The van der Waals surface area contributed by atoms with Crippen molar-refractivity contribution in [2.45, 2.75) is 0 Å². The van der Waals surface area contributed by atoms with Gasteiger partial charge < -0.3 is 9.47 Å². The van der Waals surface area contributed by atoms with Gasteiger partial charge in [0.05, 0.1) is 18.7 Å². The lowest BCUT2D eigenvalue weighted by atomic mass is 10.1. The van der Waals surface area contributed by atoms with Crippen LogP contribution in [0.2, 0.25) is 0 Å². The molecule has 0 unspecified atom stereocenters. The quantitative estimate of drug-likeness (QED) is 0.792. The molecule has 0 saturated carbocycles. The van der Waals surface area contributed by atoms with Gasteiger partial charge in [0, 0.05) is 11.6 Å². The number of benzene rings is 2. The van der Waals surface area contributed by atoms with E-state index in [1.165, 1.54) is 31.4 Å². The topological polar surface area (TPSA) is 59.3 Å². The predicted molar refractivity (Wildman–Crippen MR) is 73.9 cm³/mol. The third-order valence-corrected chi connectivity index (χ3v) is 2.80. The minimum absolute atomic E-state index is 0.239. The maximum absolute atomic E-state index is 13.0. The van der Waals surface area contributed by atoms with Crippen LogP contribution in [-0.4, -0.2) is 19.5 Å². The van der Waals surface area contributed by atoms with Crippen LogP contribution in [0, 0.1) is 17.1 Å². The minimum atomic E-state index is -0.475. The van der Waals surface area contributed by atoms with Crippen molar-refractivity contribution in [3.63, 3.8) is 0 Å². The zero-order valence-electron chi connectivity index (χ0n) is 11.3. The molecule has 0 atom stereocenters. The predicted octanol–water partition coefficient (Wildman–Crippen LogP) is 2.97. The molecule has 2 aromatic carbocycles. The second-order valence-corrected chi connectivity index (χ2v) is 4.20. The molecule has 0 aliphatic rings. The molecule has 0 bridgehead atoms. The molecular formula is C16H12FNO3. The summed E-state index contributed by atoms with van der Waals surface area (Å²) in [4.78, 5) is 11.9. The Labute approximate surface area is 121 Å². The standard InChI is InChI=1S/C16H12FNO3/c1-20-16-7-11(9-18)5-6-15(16)21-10-14(19)12-3-2-4-13(17)8-12/h2-8H,10H2,1H3. The van der Waals surface area contributed by atoms with Crippen molar-refractivity contribution in [3.8, 4) is 17.6 Å². The second kappa shape index (κ2) is 6.53. The zero-order chi connectivity index (χ0) is 15.2. The normalized spacial score (nSPS) is 9.76. The van der Waals surface area contributed by atoms with Crippen LogP contribution in [0.15, 0.2) is 42.5 Å². The summed E-state index contributed by atoms with van der Waals surface area (Å²) < 4.78 is 23.5. The molecule has 0 aromatic heterocycles. The van der Waals surface area contributed by atoms with E-state index in [4.69, 9.17) is 14.7 Å². The third kappa shape index (κ3) is 3.57. The van der Waals surface area contributed by atoms with Crippen LogP contribution in [0.1, 0.15) is 15.9 Å². The highest BCUT2D eigenvalue weighted by Crippen LogP contribution is 2.27. The number of halogens is 1. The second-order valence-electron chi connectivity index (χ2n) is 4.20. The van der Waals surface area contributed by atoms with Crippen molar-refractivity contribution in [3.05, 3.63) is 59.4 Å². The highest BCUT2D eigenvalue weighted by atomic mass is 19.1. The van der Waals surface area contributed by atoms with E-state index in [9.17, 15) is 9.18 Å². The van der Waals surface area contributed by atoms with Crippen LogP contribution in [0.5, 0.6) is 11.5 Å². The van der Waals surface area contributed by atoms with Gasteiger partial charge in [-0.3, -0.25) is 4.79 Å². The summed E-state index contributed by atoms with van der Waals surface area (Å²) >= 11 is 0. The summed E-state index contributed by atoms with van der Waals surface area (Å²) in [5.41, 5.74) is 0.665. The Morgan fingerprint density at radius 3 is 2.71 bits per heavy atom. The van der Waals surface area contributed by atoms with Gasteiger partial charge in [0.25, 0.3) is 0 Å². The van der Waals surface area contributed by atoms with Gasteiger partial charge in [-0.2, -0.15) is 5.26 Å². The highest BCUT2D eigenvalue weighted by Gasteiger charge is 2.11. The molecule has 2 rings (SSSR count). The number of methoxy groups -OCH3 is 1. The van der Waals surface area contributed by atoms with E-state index in [1.807, 2.05) is 6.07 Å². The number of nitrogens with zero attached hydrogens (tertiary/aromatic N) is 1. The first-order valence-electron chi connectivity index (χ1n) is 6.13. The lowest BCUT2D eigenvalue weighted by Gasteiger charge is -2.10. The maximum Gasteiger partial charge on any atom is 0.200 e. The van der Waals surface area contributed by atoms with Gasteiger partial charge in [0.15, 0.2) is 23.9 Å². The lowest BCUT2D eigenvalue weighted by molar-refractivity contribution is 0.0919. The molecule has 0 aliphatic carbocycles. The number of ether oxygens (including phenoxy) is 2. The first-order valence-corrected chi connectivity index (χ1v) is 6.13. The van der Waals surface area contributed by atoms with Crippen LogP contribution >= 0.6 is 0 Å². The number of hydrogen-bond acceptors (Lipinski definition) is 4. The van der Waals surface area contributed by atoms with Crippen molar-refractivity contribution < 1.29 is 18.7 Å². The molecule has 0 heterocycles. The molecule has 106 valence electrons. The smallest absolute Gasteiger partial charge is 0.200 e. The van der Waals surface area contributed by atoms with Gasteiger partial charge in [0.2, 0.25) is 0 Å². The number of nitriles is 1. The Hall–Kier alpha value is -2.87. The average molecular weight is 285 g/mol. The summed E-state index contributed by atoms with van der Waals surface area (Å²) in [6.45, 7) is -0.244. The Balaban J connectivity index is 2.10. The van der Waals surface area contributed by atoms with Crippen LogP contribution in [0.3, 0.4) is 0 Å². The van der Waals surface area contributed by atoms with Crippen molar-refractivity contribution in [1.82, 2.24) is 0 Å². The summed E-state index contributed by atoms with van der Waals surface area (Å²) in [6, 6.07) is 12.0. The van der Waals surface area contributed by atoms with Gasteiger partial charge in [-0.05, 0) is 24.3 Å². The molecule has 0 radical (unpaired) electrons. The maximum atomic E-state index is 13.0. The van der Waals surface area contributed by atoms with E-state index >= 15 is 0 Å². The summed E-state index contributed by atoms with van der Waals surface area (Å²) in [5.74, 6) is -0.111. The third-order valence-electron chi connectivity index (χ3n) is 2.80.